The number of H-pyrrole nitrogens is 1. The molecule has 0 aliphatic heterocycles. The molecule has 0 saturated carbocycles. The van der Waals surface area contributed by atoms with Gasteiger partial charge in [-0.1, -0.05) is 25.1 Å². The van der Waals surface area contributed by atoms with Gasteiger partial charge in [-0.05, 0) is 6.07 Å². The monoisotopic (exact) mass is 257 g/mol. The minimum Gasteiger partial charge on any atom is -0.360 e. The molecule has 1 aromatic carbocycles. The largest absolute Gasteiger partial charge is 0.360 e. The summed E-state index contributed by atoms with van der Waals surface area (Å²) in [5.41, 5.74) is 9.03. The molecule has 18 heavy (non-hydrogen) atoms. The van der Waals surface area contributed by atoms with Crippen LogP contribution >= 0.6 is 11.3 Å². The van der Waals surface area contributed by atoms with Gasteiger partial charge in [0.25, 0.3) is 0 Å². The molecule has 0 radical (unpaired) electrons. The molecule has 4 heteroatoms. The molecule has 0 spiro atoms. The summed E-state index contributed by atoms with van der Waals surface area (Å²) in [5, 5.41) is 4.43. The van der Waals surface area contributed by atoms with Gasteiger partial charge in [-0.15, -0.1) is 11.3 Å². The van der Waals surface area contributed by atoms with Crippen molar-refractivity contribution in [3.63, 3.8) is 0 Å². The number of nitrogens with zero attached hydrogens (tertiary/aromatic N) is 1. The molecular formula is C14H15N3S. The van der Waals surface area contributed by atoms with Crippen LogP contribution in [-0.2, 0) is 0 Å². The van der Waals surface area contributed by atoms with Gasteiger partial charge in [-0.2, -0.15) is 0 Å². The quantitative estimate of drug-likeness (QED) is 0.756. The zero-order valence-corrected chi connectivity index (χ0v) is 11.0. The Bertz CT molecular complexity index is 668. The van der Waals surface area contributed by atoms with Crippen LogP contribution in [0.15, 0.2) is 35.8 Å². The summed E-state index contributed by atoms with van der Waals surface area (Å²) < 4.78 is 0. The number of rotatable bonds is 3. The SMILES string of the molecule is CC(CN)c1nc(-c2c[nH]c3ccccc23)cs1. The lowest BCUT2D eigenvalue weighted by molar-refractivity contribution is 0.767. The first-order chi connectivity index (χ1) is 8.79. The fraction of sp³-hybridized carbons (Fsp3) is 0.214. The average molecular weight is 257 g/mol. The van der Waals surface area contributed by atoms with E-state index in [-0.39, 0.29) is 0 Å². The van der Waals surface area contributed by atoms with Crippen LogP contribution in [0, 0.1) is 0 Å². The van der Waals surface area contributed by atoms with Crippen molar-refractivity contribution in [2.75, 3.05) is 6.54 Å². The van der Waals surface area contributed by atoms with E-state index in [4.69, 9.17) is 10.7 Å². The highest BCUT2D eigenvalue weighted by atomic mass is 32.1. The van der Waals surface area contributed by atoms with Gasteiger partial charge in [0.15, 0.2) is 0 Å². The summed E-state index contributed by atoms with van der Waals surface area (Å²) >= 11 is 1.68. The Kier molecular flexibility index (Phi) is 2.89. The van der Waals surface area contributed by atoms with E-state index in [1.807, 2.05) is 12.3 Å². The number of aromatic amines is 1. The number of hydrogen-bond donors (Lipinski definition) is 2. The number of nitrogens with two attached hydrogens (primary N) is 1. The summed E-state index contributed by atoms with van der Waals surface area (Å²) in [4.78, 5) is 7.97. The average Bonchev–Trinajstić information content (AvgIpc) is 3.03. The maximum Gasteiger partial charge on any atom is 0.0973 e. The van der Waals surface area contributed by atoms with E-state index >= 15 is 0 Å². The molecule has 1 unspecified atom stereocenters. The van der Waals surface area contributed by atoms with Crippen molar-refractivity contribution in [2.45, 2.75) is 12.8 Å². The van der Waals surface area contributed by atoms with Crippen LogP contribution in [-0.4, -0.2) is 16.5 Å². The highest BCUT2D eigenvalue weighted by molar-refractivity contribution is 7.10. The van der Waals surface area contributed by atoms with Gasteiger partial charge in [-0.25, -0.2) is 4.98 Å². The number of aromatic nitrogens is 2. The molecule has 0 bridgehead atoms. The van der Waals surface area contributed by atoms with Crippen LogP contribution in [0.2, 0.25) is 0 Å². The van der Waals surface area contributed by atoms with Gasteiger partial charge < -0.3 is 10.7 Å². The lowest BCUT2D eigenvalue weighted by Gasteiger charge is -2.01. The molecule has 92 valence electrons. The Morgan fingerprint density at radius 2 is 2.22 bits per heavy atom. The Balaban J connectivity index is 2.07. The van der Waals surface area contributed by atoms with Gasteiger partial charge in [-0.3, -0.25) is 0 Å². The maximum atomic E-state index is 5.68. The first-order valence-corrected chi connectivity index (χ1v) is 6.89. The van der Waals surface area contributed by atoms with Gasteiger partial charge >= 0.3 is 0 Å². The molecule has 2 aromatic heterocycles. The zero-order chi connectivity index (χ0) is 12.5. The van der Waals surface area contributed by atoms with Crippen molar-refractivity contribution in [3.05, 3.63) is 40.8 Å². The molecule has 3 rings (SSSR count). The van der Waals surface area contributed by atoms with Gasteiger partial charge in [0.05, 0.1) is 10.7 Å². The van der Waals surface area contributed by atoms with Gasteiger partial charge in [0, 0.05) is 40.5 Å². The van der Waals surface area contributed by atoms with E-state index in [0.29, 0.717) is 12.5 Å². The van der Waals surface area contributed by atoms with Crippen LogP contribution in [0.1, 0.15) is 17.8 Å². The molecular weight excluding hydrogens is 242 g/mol. The summed E-state index contributed by atoms with van der Waals surface area (Å²) in [5.74, 6) is 0.328. The van der Waals surface area contributed by atoms with Crippen molar-refractivity contribution in [2.24, 2.45) is 5.73 Å². The maximum absolute atomic E-state index is 5.68. The predicted molar refractivity (Wildman–Crippen MR) is 76.9 cm³/mol. The summed E-state index contributed by atoms with van der Waals surface area (Å²) in [6.45, 7) is 2.75. The normalized spacial score (nSPS) is 13.0. The van der Waals surface area contributed by atoms with Crippen molar-refractivity contribution in [1.29, 1.82) is 0 Å². The van der Waals surface area contributed by atoms with E-state index in [2.05, 4.69) is 35.5 Å². The molecule has 0 saturated heterocycles. The Morgan fingerprint density at radius 1 is 1.39 bits per heavy atom. The first kappa shape index (κ1) is 11.4. The van der Waals surface area contributed by atoms with Crippen LogP contribution in [0.5, 0.6) is 0 Å². The first-order valence-electron chi connectivity index (χ1n) is 6.01. The van der Waals surface area contributed by atoms with Crippen LogP contribution in [0.25, 0.3) is 22.2 Å². The number of fused-ring (bicyclic) bond motifs is 1. The fourth-order valence-electron chi connectivity index (χ4n) is 2.02. The van der Waals surface area contributed by atoms with Crippen molar-refractivity contribution in [1.82, 2.24) is 9.97 Å². The second kappa shape index (κ2) is 4.55. The smallest absolute Gasteiger partial charge is 0.0973 e. The van der Waals surface area contributed by atoms with E-state index in [0.717, 1.165) is 21.8 Å². The Hall–Kier alpha value is -1.65. The summed E-state index contributed by atoms with van der Waals surface area (Å²) in [6, 6.07) is 8.28. The third kappa shape index (κ3) is 1.83. The fourth-order valence-corrected chi connectivity index (χ4v) is 2.91. The Labute approximate surface area is 110 Å². The second-order valence-corrected chi connectivity index (χ2v) is 5.35. The third-order valence-electron chi connectivity index (χ3n) is 3.16. The summed E-state index contributed by atoms with van der Waals surface area (Å²) in [6.07, 6.45) is 2.02. The molecule has 0 aliphatic carbocycles. The molecule has 1 atom stereocenters. The topological polar surface area (TPSA) is 54.7 Å². The third-order valence-corrected chi connectivity index (χ3v) is 4.24. The molecule has 3 nitrogen and oxygen atoms in total. The predicted octanol–water partition coefficient (Wildman–Crippen LogP) is 3.35. The number of thiazole rings is 1. The van der Waals surface area contributed by atoms with E-state index in [9.17, 15) is 0 Å². The molecule has 3 N–H and O–H groups in total. The molecule has 0 aliphatic rings. The standard InChI is InChI=1S/C14H15N3S/c1-9(6-15)14-17-13(8-18-14)11-7-16-12-5-3-2-4-10(11)12/h2-5,7-9,16H,6,15H2,1H3. The lowest BCUT2D eigenvalue weighted by atomic mass is 10.1. The van der Waals surface area contributed by atoms with E-state index < -0.39 is 0 Å². The van der Waals surface area contributed by atoms with Crippen LogP contribution in [0.4, 0.5) is 0 Å². The molecule has 3 aromatic rings. The minimum absolute atomic E-state index is 0.328. The van der Waals surface area contributed by atoms with Crippen molar-refractivity contribution >= 4 is 22.2 Å². The van der Waals surface area contributed by atoms with Crippen LogP contribution < -0.4 is 5.73 Å². The van der Waals surface area contributed by atoms with Gasteiger partial charge in [0.1, 0.15) is 0 Å². The highest BCUT2D eigenvalue weighted by Crippen LogP contribution is 2.31. The number of benzene rings is 1. The van der Waals surface area contributed by atoms with Crippen LogP contribution in [0.3, 0.4) is 0 Å². The van der Waals surface area contributed by atoms with E-state index in [1.165, 1.54) is 5.39 Å². The van der Waals surface area contributed by atoms with E-state index in [1.54, 1.807) is 11.3 Å². The molecule has 0 amide bonds. The molecule has 2 heterocycles. The van der Waals surface area contributed by atoms with Crippen molar-refractivity contribution in [3.8, 4) is 11.3 Å². The second-order valence-electron chi connectivity index (χ2n) is 4.46. The summed E-state index contributed by atoms with van der Waals surface area (Å²) in [7, 11) is 0. The number of nitrogens with one attached hydrogen (secondary N) is 1. The Morgan fingerprint density at radius 3 is 3.06 bits per heavy atom. The zero-order valence-electron chi connectivity index (χ0n) is 10.2. The minimum atomic E-state index is 0.328. The molecule has 0 fully saturated rings. The number of hydrogen-bond acceptors (Lipinski definition) is 3. The lowest BCUT2D eigenvalue weighted by Crippen LogP contribution is -2.08. The highest BCUT2D eigenvalue weighted by Gasteiger charge is 2.12. The van der Waals surface area contributed by atoms with Gasteiger partial charge in [0.2, 0.25) is 0 Å². The number of para-hydroxylation sites is 1. The van der Waals surface area contributed by atoms with Crippen molar-refractivity contribution < 1.29 is 0 Å².